The van der Waals surface area contributed by atoms with Crippen molar-refractivity contribution >= 4 is 10.0 Å². The Hall–Kier alpha value is -0.0900. The van der Waals surface area contributed by atoms with Crippen LogP contribution in [0, 0.1) is 16.7 Å². The van der Waals surface area contributed by atoms with Gasteiger partial charge in [-0.05, 0) is 30.6 Å². The average Bonchev–Trinajstić information content (AvgIpc) is 2.50. The lowest BCUT2D eigenvalue weighted by atomic mass is 9.69. The van der Waals surface area contributed by atoms with Gasteiger partial charge < -0.3 is 0 Å². The van der Waals surface area contributed by atoms with Gasteiger partial charge in [0.05, 0.1) is 5.75 Å². The van der Waals surface area contributed by atoms with Gasteiger partial charge in [0.2, 0.25) is 10.0 Å². The van der Waals surface area contributed by atoms with Crippen molar-refractivity contribution in [2.75, 3.05) is 5.75 Å². The lowest BCUT2D eigenvalue weighted by Crippen LogP contribution is -2.39. The van der Waals surface area contributed by atoms with Crippen molar-refractivity contribution in [1.82, 2.24) is 4.72 Å². The molecule has 0 aromatic rings. The number of rotatable bonds is 0. The molecule has 0 radical (unpaired) electrons. The molecule has 0 aromatic carbocycles. The van der Waals surface area contributed by atoms with Gasteiger partial charge in [0.15, 0.2) is 0 Å². The van der Waals surface area contributed by atoms with Crippen LogP contribution in [0.25, 0.3) is 0 Å². The summed E-state index contributed by atoms with van der Waals surface area (Å²) in [6, 6.07) is 0.237. The van der Waals surface area contributed by atoms with Gasteiger partial charge in [-0.3, -0.25) is 0 Å². The Labute approximate surface area is 85.3 Å². The van der Waals surface area contributed by atoms with E-state index in [1.165, 1.54) is 6.42 Å². The summed E-state index contributed by atoms with van der Waals surface area (Å²) in [6.07, 6.45) is 3.38. The highest BCUT2D eigenvalue weighted by molar-refractivity contribution is 7.89. The highest BCUT2D eigenvalue weighted by Gasteiger charge is 2.68. The fraction of sp³-hybridized carbons (Fsp3) is 1.00. The number of hydrogen-bond donors (Lipinski definition) is 1. The van der Waals surface area contributed by atoms with E-state index in [9.17, 15) is 8.42 Å². The third-order valence-corrected chi connectivity index (χ3v) is 6.74. The van der Waals surface area contributed by atoms with E-state index in [0.29, 0.717) is 5.75 Å². The summed E-state index contributed by atoms with van der Waals surface area (Å²) in [5.74, 6) is 1.10. The Kier molecular flexibility index (Phi) is 1.43. The highest BCUT2D eigenvalue weighted by Crippen LogP contribution is 2.67. The fourth-order valence-corrected chi connectivity index (χ4v) is 6.42. The average molecular weight is 215 g/mol. The zero-order chi connectivity index (χ0) is 10.2. The van der Waals surface area contributed by atoms with Crippen LogP contribution in [0.1, 0.15) is 33.1 Å². The van der Waals surface area contributed by atoms with Gasteiger partial charge in [-0.25, -0.2) is 13.1 Å². The van der Waals surface area contributed by atoms with Crippen molar-refractivity contribution in [3.8, 4) is 0 Å². The molecule has 0 amide bonds. The molecule has 80 valence electrons. The second kappa shape index (κ2) is 2.19. The van der Waals surface area contributed by atoms with E-state index in [1.54, 1.807) is 0 Å². The van der Waals surface area contributed by atoms with Crippen LogP contribution in [0.4, 0.5) is 0 Å². The summed E-state index contributed by atoms with van der Waals surface area (Å²) in [5, 5.41) is 0. The van der Waals surface area contributed by atoms with Crippen LogP contribution in [-0.4, -0.2) is 20.2 Å². The molecule has 1 spiro atoms. The van der Waals surface area contributed by atoms with Crippen molar-refractivity contribution in [2.45, 2.75) is 39.2 Å². The van der Waals surface area contributed by atoms with Crippen molar-refractivity contribution in [2.24, 2.45) is 16.7 Å². The quantitative estimate of drug-likeness (QED) is 0.658. The summed E-state index contributed by atoms with van der Waals surface area (Å²) in [4.78, 5) is 0. The van der Waals surface area contributed by atoms with Gasteiger partial charge in [-0.2, -0.15) is 0 Å². The topological polar surface area (TPSA) is 46.2 Å². The van der Waals surface area contributed by atoms with Crippen LogP contribution in [-0.2, 0) is 10.0 Å². The maximum absolute atomic E-state index is 11.6. The lowest BCUT2D eigenvalue weighted by molar-refractivity contribution is 0.146. The maximum Gasteiger partial charge on any atom is 0.212 e. The van der Waals surface area contributed by atoms with E-state index in [4.69, 9.17) is 0 Å². The van der Waals surface area contributed by atoms with E-state index in [1.807, 2.05) is 0 Å². The predicted molar refractivity (Wildman–Crippen MR) is 54.3 cm³/mol. The van der Waals surface area contributed by atoms with Gasteiger partial charge in [0.25, 0.3) is 0 Å². The standard InChI is InChI=1S/C10H17NO2S/c1-9(2)7-3-4-10(9)6-14(12,13)11-8(10)5-7/h7-8,11H,3-6H2,1-2H3/t7-,8-,10+/m1/s1. The molecule has 0 unspecified atom stereocenters. The van der Waals surface area contributed by atoms with Crippen LogP contribution in [0.2, 0.25) is 0 Å². The molecule has 3 nitrogen and oxygen atoms in total. The van der Waals surface area contributed by atoms with Gasteiger partial charge >= 0.3 is 0 Å². The molecule has 3 fully saturated rings. The molecule has 3 aliphatic rings. The van der Waals surface area contributed by atoms with Gasteiger partial charge in [0.1, 0.15) is 0 Å². The van der Waals surface area contributed by atoms with E-state index < -0.39 is 10.0 Å². The third kappa shape index (κ3) is 0.807. The van der Waals surface area contributed by atoms with Crippen LogP contribution in [0.15, 0.2) is 0 Å². The number of sulfonamides is 1. The molecule has 1 aliphatic heterocycles. The zero-order valence-corrected chi connectivity index (χ0v) is 9.52. The third-order valence-electron chi connectivity index (χ3n) is 5.20. The first kappa shape index (κ1) is 9.16. The minimum absolute atomic E-state index is 0.0521. The maximum atomic E-state index is 11.6. The molecule has 2 saturated carbocycles. The molecule has 14 heavy (non-hydrogen) atoms. The second-order valence-electron chi connectivity index (χ2n) is 5.78. The number of fused-ring (bicyclic) bond motifs is 1. The molecular weight excluding hydrogens is 198 g/mol. The second-order valence-corrected chi connectivity index (χ2v) is 7.53. The smallest absolute Gasteiger partial charge is 0.212 e. The van der Waals surface area contributed by atoms with E-state index in [0.717, 1.165) is 18.8 Å². The molecule has 3 atom stereocenters. The predicted octanol–water partition coefficient (Wildman–Crippen LogP) is 1.11. The first-order chi connectivity index (χ1) is 6.37. The Balaban J connectivity index is 2.13. The highest BCUT2D eigenvalue weighted by atomic mass is 32.2. The molecule has 1 saturated heterocycles. The van der Waals surface area contributed by atoms with Crippen molar-refractivity contribution < 1.29 is 8.42 Å². The molecule has 0 aromatic heterocycles. The summed E-state index contributed by atoms with van der Waals surface area (Å²) in [6.45, 7) is 4.51. The first-order valence-corrected chi connectivity index (χ1v) is 7.03. The number of nitrogens with one attached hydrogen (secondary N) is 1. The summed E-state index contributed by atoms with van der Waals surface area (Å²) < 4.78 is 26.0. The lowest BCUT2D eigenvalue weighted by Gasteiger charge is -2.36. The van der Waals surface area contributed by atoms with Crippen molar-refractivity contribution in [1.29, 1.82) is 0 Å². The van der Waals surface area contributed by atoms with Gasteiger partial charge in [-0.1, -0.05) is 13.8 Å². The van der Waals surface area contributed by atoms with Crippen LogP contribution in [0.5, 0.6) is 0 Å². The largest absolute Gasteiger partial charge is 0.212 e. The Morgan fingerprint density at radius 3 is 2.64 bits per heavy atom. The Morgan fingerprint density at radius 1 is 1.36 bits per heavy atom. The molecule has 3 rings (SSSR count). The molecule has 1 heterocycles. The van der Waals surface area contributed by atoms with Crippen LogP contribution in [0.3, 0.4) is 0 Å². The monoisotopic (exact) mass is 215 g/mol. The molecule has 4 heteroatoms. The molecule has 2 bridgehead atoms. The Bertz CT molecular complexity index is 387. The van der Waals surface area contributed by atoms with Gasteiger partial charge in [0, 0.05) is 11.5 Å². The van der Waals surface area contributed by atoms with E-state index in [-0.39, 0.29) is 16.9 Å². The molecule has 2 aliphatic carbocycles. The molecular formula is C10H17NO2S. The minimum atomic E-state index is -2.97. The Morgan fingerprint density at radius 2 is 2.07 bits per heavy atom. The summed E-state index contributed by atoms with van der Waals surface area (Å²) in [5.41, 5.74) is 0.269. The van der Waals surface area contributed by atoms with Crippen molar-refractivity contribution in [3.05, 3.63) is 0 Å². The van der Waals surface area contributed by atoms with E-state index >= 15 is 0 Å². The van der Waals surface area contributed by atoms with Crippen LogP contribution < -0.4 is 4.72 Å². The normalized spacial score (nSPS) is 52.1. The SMILES string of the molecule is CC1(C)[C@@H]2CC[C@@]13CS(=O)(=O)N[C@@H]3C2. The fourth-order valence-electron chi connectivity index (χ4n) is 4.18. The van der Waals surface area contributed by atoms with E-state index in [2.05, 4.69) is 18.6 Å². The number of hydrogen-bond acceptors (Lipinski definition) is 2. The van der Waals surface area contributed by atoms with Crippen molar-refractivity contribution in [3.63, 3.8) is 0 Å². The van der Waals surface area contributed by atoms with Crippen LogP contribution >= 0.6 is 0 Å². The zero-order valence-electron chi connectivity index (χ0n) is 8.71. The summed E-state index contributed by atoms with van der Waals surface area (Å²) in [7, 11) is -2.97. The first-order valence-electron chi connectivity index (χ1n) is 5.37. The molecule has 1 N–H and O–H groups in total. The summed E-state index contributed by atoms with van der Waals surface area (Å²) >= 11 is 0. The van der Waals surface area contributed by atoms with Gasteiger partial charge in [-0.15, -0.1) is 0 Å². The minimum Gasteiger partial charge on any atom is -0.212 e.